The molecule has 7 nitrogen and oxygen atoms in total. The maximum Gasteiger partial charge on any atom is 0.354 e. The van der Waals surface area contributed by atoms with Crippen LogP contribution in [0.4, 0.5) is 11.4 Å². The van der Waals surface area contributed by atoms with E-state index >= 15 is 0 Å². The molecule has 0 fully saturated rings. The number of rotatable bonds is 6. The number of hydrogen-bond donors (Lipinski definition) is 2. The minimum absolute atomic E-state index is 0.0161. The van der Waals surface area contributed by atoms with Crippen molar-refractivity contribution in [2.45, 2.75) is 12.8 Å². The van der Waals surface area contributed by atoms with Crippen molar-refractivity contribution in [3.05, 3.63) is 23.2 Å². The van der Waals surface area contributed by atoms with Gasteiger partial charge in [0.25, 0.3) is 0 Å². The second-order valence-electron chi connectivity index (χ2n) is 3.97. The highest BCUT2D eigenvalue weighted by atomic mass is 35.5. The summed E-state index contributed by atoms with van der Waals surface area (Å²) in [5.41, 5.74) is 9.32. The molecule has 0 bridgehead atoms. The molecule has 0 spiro atoms. The van der Waals surface area contributed by atoms with Gasteiger partial charge in [0.05, 0.1) is 32.0 Å². The Balaban J connectivity index is 2.82. The molecular weight excluding hydrogens is 298 g/mol. The molecule has 21 heavy (non-hydrogen) atoms. The number of carbonyl (C=O) groups excluding carboxylic acids is 2. The fraction of sp³-hybridized carbons (Fsp3) is 0.308. The van der Waals surface area contributed by atoms with E-state index in [-0.39, 0.29) is 18.6 Å². The summed E-state index contributed by atoms with van der Waals surface area (Å²) in [6, 6.07) is 4.80. The first-order valence-electron chi connectivity index (χ1n) is 6.00. The predicted molar refractivity (Wildman–Crippen MR) is 80.2 cm³/mol. The standard InChI is InChI=1S/C13H16ClN3O4/c1-20-12(18)6-5-11(13(19)21-2)17-16-10-4-3-8(14)7-9(10)15/h3-4,7,16H,5-6,15H2,1-2H3/b17-11-. The summed E-state index contributed by atoms with van der Waals surface area (Å²) in [7, 11) is 2.50. The van der Waals surface area contributed by atoms with Gasteiger partial charge >= 0.3 is 11.9 Å². The number of methoxy groups -OCH3 is 2. The number of nitrogens with two attached hydrogens (primary N) is 1. The first-order chi connectivity index (χ1) is 9.97. The number of nitrogens with one attached hydrogen (secondary N) is 1. The second-order valence-corrected chi connectivity index (χ2v) is 4.41. The van der Waals surface area contributed by atoms with Crippen LogP contribution in [0.5, 0.6) is 0 Å². The summed E-state index contributed by atoms with van der Waals surface area (Å²) in [5.74, 6) is -1.09. The third-order valence-corrected chi connectivity index (χ3v) is 2.77. The largest absolute Gasteiger partial charge is 0.469 e. The van der Waals surface area contributed by atoms with Gasteiger partial charge in [0.15, 0.2) is 0 Å². The quantitative estimate of drug-likeness (QED) is 0.359. The Morgan fingerprint density at radius 2 is 2.00 bits per heavy atom. The molecule has 114 valence electrons. The molecule has 0 aliphatic heterocycles. The summed E-state index contributed by atoms with van der Waals surface area (Å²) < 4.78 is 9.11. The average Bonchev–Trinajstić information content (AvgIpc) is 2.47. The van der Waals surface area contributed by atoms with Crippen molar-refractivity contribution in [2.24, 2.45) is 5.10 Å². The van der Waals surface area contributed by atoms with E-state index in [0.29, 0.717) is 16.4 Å². The SMILES string of the molecule is COC(=O)CC/C(=N/Nc1ccc(Cl)cc1N)C(=O)OC. The zero-order chi connectivity index (χ0) is 15.8. The molecule has 0 aromatic heterocycles. The van der Waals surface area contributed by atoms with Crippen molar-refractivity contribution in [3.63, 3.8) is 0 Å². The molecule has 0 radical (unpaired) electrons. The molecule has 0 saturated carbocycles. The van der Waals surface area contributed by atoms with Crippen LogP contribution in [-0.4, -0.2) is 31.9 Å². The Labute approximate surface area is 127 Å². The van der Waals surface area contributed by atoms with Crippen LogP contribution in [0.2, 0.25) is 5.02 Å². The summed E-state index contributed by atoms with van der Waals surface area (Å²) in [4.78, 5) is 22.7. The highest BCUT2D eigenvalue weighted by molar-refractivity contribution is 6.36. The summed E-state index contributed by atoms with van der Waals surface area (Å²) in [6.07, 6.45) is 0.0993. The molecule has 3 N–H and O–H groups in total. The van der Waals surface area contributed by atoms with Crippen LogP contribution in [0.1, 0.15) is 12.8 Å². The van der Waals surface area contributed by atoms with E-state index in [1.807, 2.05) is 0 Å². The van der Waals surface area contributed by atoms with Crippen LogP contribution in [-0.2, 0) is 19.1 Å². The van der Waals surface area contributed by atoms with Crippen molar-refractivity contribution in [1.29, 1.82) is 0 Å². The molecule has 0 saturated heterocycles. The second kappa shape index (κ2) is 8.11. The van der Waals surface area contributed by atoms with Crippen molar-refractivity contribution < 1.29 is 19.1 Å². The monoisotopic (exact) mass is 313 g/mol. The van der Waals surface area contributed by atoms with Gasteiger partial charge in [-0.25, -0.2) is 4.79 Å². The molecule has 1 rings (SSSR count). The summed E-state index contributed by atoms with van der Waals surface area (Å²) in [5, 5.41) is 4.41. The smallest absolute Gasteiger partial charge is 0.354 e. The molecule has 1 aromatic rings. The summed E-state index contributed by atoms with van der Waals surface area (Å²) >= 11 is 5.78. The van der Waals surface area contributed by atoms with Gasteiger partial charge in [-0.3, -0.25) is 10.2 Å². The molecule has 1 aromatic carbocycles. The van der Waals surface area contributed by atoms with Crippen LogP contribution in [0.15, 0.2) is 23.3 Å². The normalized spacial score (nSPS) is 10.9. The number of nitrogen functional groups attached to an aromatic ring is 1. The minimum atomic E-state index is -0.640. The molecule has 0 aliphatic carbocycles. The lowest BCUT2D eigenvalue weighted by Gasteiger charge is -2.08. The van der Waals surface area contributed by atoms with Crippen LogP contribution >= 0.6 is 11.6 Å². The Morgan fingerprint density at radius 1 is 1.29 bits per heavy atom. The van der Waals surface area contributed by atoms with E-state index in [1.165, 1.54) is 14.2 Å². The van der Waals surface area contributed by atoms with Gasteiger partial charge in [-0.2, -0.15) is 5.10 Å². The molecule has 0 atom stereocenters. The molecule has 0 heterocycles. The van der Waals surface area contributed by atoms with Gasteiger partial charge in [0.2, 0.25) is 0 Å². The third-order valence-electron chi connectivity index (χ3n) is 2.54. The Morgan fingerprint density at radius 3 is 2.57 bits per heavy atom. The Bertz CT molecular complexity index is 560. The van der Waals surface area contributed by atoms with Crippen molar-refractivity contribution in [2.75, 3.05) is 25.4 Å². The zero-order valence-corrected chi connectivity index (χ0v) is 12.4. The average molecular weight is 314 g/mol. The lowest BCUT2D eigenvalue weighted by atomic mass is 10.2. The number of halogens is 1. The number of benzene rings is 1. The highest BCUT2D eigenvalue weighted by Gasteiger charge is 2.14. The number of hydrogen-bond acceptors (Lipinski definition) is 7. The number of carbonyl (C=O) groups is 2. The molecule has 8 heteroatoms. The number of anilines is 2. The van der Waals surface area contributed by atoms with Crippen molar-refractivity contribution >= 4 is 40.6 Å². The first kappa shape index (κ1) is 16.8. The number of nitrogens with zero attached hydrogens (tertiary/aromatic N) is 1. The molecular formula is C13H16ClN3O4. The van der Waals surface area contributed by atoms with E-state index in [2.05, 4.69) is 20.0 Å². The highest BCUT2D eigenvalue weighted by Crippen LogP contribution is 2.22. The number of ether oxygens (including phenoxy) is 2. The minimum Gasteiger partial charge on any atom is -0.469 e. The van der Waals surface area contributed by atoms with Gasteiger partial charge in [0, 0.05) is 11.4 Å². The fourth-order valence-electron chi connectivity index (χ4n) is 1.41. The molecule has 0 aliphatic rings. The Kier molecular flexibility index (Phi) is 6.48. The molecule has 0 unspecified atom stereocenters. The van der Waals surface area contributed by atoms with Crippen molar-refractivity contribution in [1.82, 2.24) is 0 Å². The lowest BCUT2D eigenvalue weighted by Crippen LogP contribution is -2.19. The van der Waals surface area contributed by atoms with Gasteiger partial charge in [0.1, 0.15) is 5.71 Å². The first-order valence-corrected chi connectivity index (χ1v) is 6.38. The lowest BCUT2D eigenvalue weighted by molar-refractivity contribution is -0.140. The van der Waals surface area contributed by atoms with E-state index < -0.39 is 11.9 Å². The Hall–Kier alpha value is -2.28. The van der Waals surface area contributed by atoms with Crippen LogP contribution < -0.4 is 11.2 Å². The summed E-state index contributed by atoms with van der Waals surface area (Å²) in [6.45, 7) is 0. The predicted octanol–water partition coefficient (Wildman–Crippen LogP) is 1.82. The number of hydrazone groups is 1. The number of esters is 2. The van der Waals surface area contributed by atoms with Crippen LogP contribution in [0, 0.1) is 0 Å². The van der Waals surface area contributed by atoms with Crippen LogP contribution in [0.25, 0.3) is 0 Å². The van der Waals surface area contributed by atoms with Gasteiger partial charge in [-0.05, 0) is 18.2 Å². The molecule has 0 amide bonds. The third kappa shape index (κ3) is 5.31. The fourth-order valence-corrected chi connectivity index (χ4v) is 1.59. The maximum absolute atomic E-state index is 11.6. The van der Waals surface area contributed by atoms with E-state index in [0.717, 1.165) is 0 Å². The topological polar surface area (TPSA) is 103 Å². The van der Waals surface area contributed by atoms with E-state index in [4.69, 9.17) is 17.3 Å². The van der Waals surface area contributed by atoms with E-state index in [9.17, 15) is 9.59 Å². The zero-order valence-electron chi connectivity index (χ0n) is 11.7. The van der Waals surface area contributed by atoms with Gasteiger partial charge < -0.3 is 15.2 Å². The van der Waals surface area contributed by atoms with Gasteiger partial charge in [-0.15, -0.1) is 0 Å². The van der Waals surface area contributed by atoms with Crippen LogP contribution in [0.3, 0.4) is 0 Å². The van der Waals surface area contributed by atoms with Gasteiger partial charge in [-0.1, -0.05) is 11.6 Å². The van der Waals surface area contributed by atoms with E-state index in [1.54, 1.807) is 18.2 Å². The maximum atomic E-state index is 11.6. The van der Waals surface area contributed by atoms with Crippen molar-refractivity contribution in [3.8, 4) is 0 Å².